The molecule has 2 aromatic heterocycles. The number of rotatable bonds is 6. The zero-order chi connectivity index (χ0) is 21.6. The van der Waals surface area contributed by atoms with Gasteiger partial charge in [0.15, 0.2) is 0 Å². The highest BCUT2D eigenvalue weighted by Gasteiger charge is 2.24. The van der Waals surface area contributed by atoms with Gasteiger partial charge in [0.05, 0.1) is 0 Å². The van der Waals surface area contributed by atoms with Gasteiger partial charge in [-0.15, -0.1) is 5.10 Å². The summed E-state index contributed by atoms with van der Waals surface area (Å²) in [7, 11) is 1.84. The van der Waals surface area contributed by atoms with Crippen LogP contribution in [0.4, 0.5) is 4.79 Å². The van der Waals surface area contributed by atoms with Gasteiger partial charge in [-0.05, 0) is 65.9 Å². The summed E-state index contributed by atoms with van der Waals surface area (Å²) in [5.41, 5.74) is 3.17. The summed E-state index contributed by atoms with van der Waals surface area (Å²) in [6, 6.07) is 13.7. The van der Waals surface area contributed by atoms with Crippen LogP contribution in [0.3, 0.4) is 0 Å². The van der Waals surface area contributed by atoms with Gasteiger partial charge in [0, 0.05) is 43.7 Å². The monoisotopic (exact) mass is 438 g/mol. The molecule has 0 radical (unpaired) electrons. The molecule has 4 rings (SSSR count). The fraction of sp³-hybridized carbons (Fsp3) is 0.409. The largest absolute Gasteiger partial charge is 0.415 e. The third-order valence-electron chi connectivity index (χ3n) is 5.36. The third kappa shape index (κ3) is 5.81. The van der Waals surface area contributed by atoms with Crippen LogP contribution in [-0.4, -0.2) is 55.0 Å². The van der Waals surface area contributed by atoms with Crippen molar-refractivity contribution in [2.24, 2.45) is 13.0 Å². The summed E-state index contributed by atoms with van der Waals surface area (Å²) < 4.78 is 7.26. The number of carbonyl (C=O) groups excluding carboxylic acids is 1. The minimum Gasteiger partial charge on any atom is -0.410 e. The Morgan fingerprint density at radius 3 is 2.61 bits per heavy atom. The molecule has 1 saturated heterocycles. The van der Waals surface area contributed by atoms with Crippen molar-refractivity contribution in [1.82, 2.24) is 30.1 Å². The number of pyridine rings is 1. The predicted molar refractivity (Wildman–Crippen MR) is 118 cm³/mol. The Labute approximate surface area is 186 Å². The molecule has 3 heterocycles. The number of piperidine rings is 1. The fourth-order valence-electron chi connectivity index (χ4n) is 3.57. The Morgan fingerprint density at radius 1 is 1.16 bits per heavy atom. The lowest BCUT2D eigenvalue weighted by Gasteiger charge is -2.30. The van der Waals surface area contributed by atoms with Crippen LogP contribution >= 0.6 is 11.8 Å². The van der Waals surface area contributed by atoms with Crippen molar-refractivity contribution in [3.05, 3.63) is 59.4 Å². The lowest BCUT2D eigenvalue weighted by atomic mass is 9.99. The van der Waals surface area contributed by atoms with Crippen LogP contribution in [0.2, 0.25) is 0 Å². The molecule has 0 saturated carbocycles. The van der Waals surface area contributed by atoms with E-state index in [1.807, 2.05) is 56.4 Å². The Hall–Kier alpha value is -2.94. The van der Waals surface area contributed by atoms with Crippen molar-refractivity contribution in [3.8, 4) is 5.75 Å². The quantitative estimate of drug-likeness (QED) is 0.544. The first-order valence-corrected chi connectivity index (χ1v) is 11.4. The number of aromatic nitrogens is 5. The molecule has 1 fully saturated rings. The van der Waals surface area contributed by atoms with Crippen LogP contribution in [0, 0.1) is 12.8 Å². The van der Waals surface area contributed by atoms with Crippen LogP contribution in [0.5, 0.6) is 5.75 Å². The summed E-state index contributed by atoms with van der Waals surface area (Å²) in [4.78, 5) is 18.9. The SMILES string of the molecule is Cc1cccc(Cc2ccc(OC(=O)N3CCC(CSc4nnnn4C)CC3)cc2)n1. The van der Waals surface area contributed by atoms with E-state index in [1.54, 1.807) is 21.3 Å². The molecule has 31 heavy (non-hydrogen) atoms. The first kappa shape index (κ1) is 21.3. The summed E-state index contributed by atoms with van der Waals surface area (Å²) in [6.45, 7) is 3.40. The molecule has 9 heteroatoms. The Morgan fingerprint density at radius 2 is 1.94 bits per heavy atom. The zero-order valence-electron chi connectivity index (χ0n) is 17.8. The molecule has 0 atom stereocenters. The standard InChI is InChI=1S/C22H26N6O2S/c1-16-4-3-5-19(23-16)14-17-6-8-20(9-7-17)30-22(29)28-12-10-18(11-13-28)15-31-21-24-25-26-27(21)2/h3-9,18H,10-15H2,1-2H3. The molecule has 162 valence electrons. The van der Waals surface area contributed by atoms with Crippen molar-refractivity contribution >= 4 is 17.9 Å². The lowest BCUT2D eigenvalue weighted by Crippen LogP contribution is -2.40. The normalized spacial score (nSPS) is 14.6. The van der Waals surface area contributed by atoms with Gasteiger partial charge in [-0.25, -0.2) is 9.48 Å². The van der Waals surface area contributed by atoms with Gasteiger partial charge in [-0.2, -0.15) is 0 Å². The molecule has 0 N–H and O–H groups in total. The van der Waals surface area contributed by atoms with E-state index in [2.05, 4.69) is 20.5 Å². The minimum absolute atomic E-state index is 0.281. The highest BCUT2D eigenvalue weighted by atomic mass is 32.2. The average molecular weight is 439 g/mol. The molecule has 1 aliphatic heterocycles. The average Bonchev–Trinajstić information content (AvgIpc) is 3.19. The maximum Gasteiger partial charge on any atom is 0.415 e. The van der Waals surface area contributed by atoms with Gasteiger partial charge in [0.1, 0.15) is 5.75 Å². The number of carbonyl (C=O) groups is 1. The van der Waals surface area contributed by atoms with E-state index in [0.29, 0.717) is 24.8 Å². The summed E-state index contributed by atoms with van der Waals surface area (Å²) >= 11 is 1.66. The highest BCUT2D eigenvalue weighted by molar-refractivity contribution is 7.99. The van der Waals surface area contributed by atoms with Gasteiger partial charge in [0.2, 0.25) is 5.16 Å². The second-order valence-corrected chi connectivity index (χ2v) is 8.77. The van der Waals surface area contributed by atoms with Crippen LogP contribution < -0.4 is 4.74 Å². The molecule has 0 bridgehead atoms. The summed E-state index contributed by atoms with van der Waals surface area (Å²) in [5.74, 6) is 2.06. The molecular formula is C22H26N6O2S. The number of nitrogens with zero attached hydrogens (tertiary/aromatic N) is 6. The summed E-state index contributed by atoms with van der Waals surface area (Å²) in [5, 5.41) is 12.3. The van der Waals surface area contributed by atoms with Crippen molar-refractivity contribution < 1.29 is 9.53 Å². The number of likely N-dealkylation sites (tertiary alicyclic amines) is 1. The van der Waals surface area contributed by atoms with Crippen LogP contribution in [0.25, 0.3) is 0 Å². The molecule has 0 spiro atoms. The van der Waals surface area contributed by atoms with E-state index in [0.717, 1.165) is 47.1 Å². The van der Waals surface area contributed by atoms with Gasteiger partial charge in [0.25, 0.3) is 0 Å². The van der Waals surface area contributed by atoms with Crippen molar-refractivity contribution in [1.29, 1.82) is 0 Å². The third-order valence-corrected chi connectivity index (χ3v) is 6.60. The van der Waals surface area contributed by atoms with Gasteiger partial charge >= 0.3 is 6.09 Å². The molecule has 1 aromatic carbocycles. The number of benzene rings is 1. The second kappa shape index (κ2) is 9.91. The van der Waals surface area contributed by atoms with E-state index in [9.17, 15) is 4.79 Å². The number of hydrogen-bond donors (Lipinski definition) is 0. The molecule has 8 nitrogen and oxygen atoms in total. The topological polar surface area (TPSA) is 86.0 Å². The summed E-state index contributed by atoms with van der Waals surface area (Å²) in [6.07, 6.45) is 2.38. The van der Waals surface area contributed by atoms with Gasteiger partial charge in [-0.1, -0.05) is 30.0 Å². The lowest BCUT2D eigenvalue weighted by molar-refractivity contribution is 0.134. The van der Waals surface area contributed by atoms with E-state index < -0.39 is 0 Å². The van der Waals surface area contributed by atoms with Crippen molar-refractivity contribution in [2.75, 3.05) is 18.8 Å². The number of hydrogen-bond acceptors (Lipinski definition) is 7. The Bertz CT molecular complexity index is 1010. The molecule has 0 aliphatic carbocycles. The zero-order valence-corrected chi connectivity index (χ0v) is 18.6. The van der Waals surface area contributed by atoms with Gasteiger partial charge in [-0.3, -0.25) is 4.98 Å². The molecular weight excluding hydrogens is 412 g/mol. The van der Waals surface area contributed by atoms with Crippen LogP contribution in [-0.2, 0) is 13.5 Å². The molecule has 1 aliphatic rings. The molecule has 0 unspecified atom stereocenters. The van der Waals surface area contributed by atoms with E-state index in [1.165, 1.54) is 0 Å². The fourth-order valence-corrected chi connectivity index (χ4v) is 4.60. The van der Waals surface area contributed by atoms with Crippen molar-refractivity contribution in [2.45, 2.75) is 31.3 Å². The van der Waals surface area contributed by atoms with E-state index in [4.69, 9.17) is 4.74 Å². The van der Waals surface area contributed by atoms with Crippen molar-refractivity contribution in [3.63, 3.8) is 0 Å². The Kier molecular flexibility index (Phi) is 6.81. The number of thioether (sulfide) groups is 1. The van der Waals surface area contributed by atoms with E-state index >= 15 is 0 Å². The van der Waals surface area contributed by atoms with Crippen LogP contribution in [0.1, 0.15) is 29.8 Å². The minimum atomic E-state index is -0.281. The number of tetrazole rings is 1. The number of ether oxygens (including phenoxy) is 1. The molecule has 1 amide bonds. The maximum absolute atomic E-state index is 12.5. The van der Waals surface area contributed by atoms with Crippen LogP contribution in [0.15, 0.2) is 47.6 Å². The molecule has 3 aromatic rings. The smallest absolute Gasteiger partial charge is 0.410 e. The predicted octanol–water partition coefficient (Wildman–Crippen LogP) is 3.51. The number of aryl methyl sites for hydroxylation is 2. The maximum atomic E-state index is 12.5. The van der Waals surface area contributed by atoms with Gasteiger partial charge < -0.3 is 9.64 Å². The second-order valence-electron chi connectivity index (χ2n) is 7.79. The van der Waals surface area contributed by atoms with E-state index in [-0.39, 0.29) is 6.09 Å². The first-order chi connectivity index (χ1) is 15.1. The Balaban J connectivity index is 1.23. The number of amides is 1. The first-order valence-electron chi connectivity index (χ1n) is 10.4. The highest BCUT2D eigenvalue weighted by Crippen LogP contribution is 2.25.